The molecule has 0 saturated heterocycles. The van der Waals surface area contributed by atoms with E-state index in [9.17, 15) is 0 Å². The maximum absolute atomic E-state index is 1.59. The number of rotatable bonds is 0. The molecule has 0 aromatic heterocycles. The first kappa shape index (κ1) is 12.1. The molecule has 98 valence electrons. The number of hydrogen-bond donors (Lipinski definition) is 0. The molecule has 17 heavy (non-hydrogen) atoms. The third kappa shape index (κ3) is 2.71. The largest absolute Gasteiger partial charge is 0.0533 e. The SMILES string of the molecule is C1CCC2CCCC3CCCCCC3C2CC1. The van der Waals surface area contributed by atoms with E-state index in [1.54, 1.807) is 70.6 Å². The van der Waals surface area contributed by atoms with Crippen LogP contribution >= 0.6 is 0 Å². The zero-order valence-electron chi connectivity index (χ0n) is 11.5. The van der Waals surface area contributed by atoms with Crippen LogP contribution < -0.4 is 0 Å². The highest BCUT2D eigenvalue weighted by atomic mass is 14.4. The molecule has 0 aromatic carbocycles. The van der Waals surface area contributed by atoms with Gasteiger partial charge in [0.15, 0.2) is 0 Å². The first-order valence-electron chi connectivity index (χ1n) is 8.45. The molecule has 0 heterocycles. The van der Waals surface area contributed by atoms with Crippen LogP contribution in [0.15, 0.2) is 0 Å². The lowest BCUT2D eigenvalue weighted by molar-refractivity contribution is 0.158. The van der Waals surface area contributed by atoms with Gasteiger partial charge in [0.05, 0.1) is 0 Å². The maximum Gasteiger partial charge on any atom is -0.0355 e. The van der Waals surface area contributed by atoms with Gasteiger partial charge in [0.2, 0.25) is 0 Å². The molecule has 4 atom stereocenters. The van der Waals surface area contributed by atoms with Crippen molar-refractivity contribution in [2.45, 2.75) is 83.5 Å². The fourth-order valence-electron chi connectivity index (χ4n) is 5.31. The quantitative estimate of drug-likeness (QED) is 0.514. The van der Waals surface area contributed by atoms with Crippen LogP contribution in [0.5, 0.6) is 0 Å². The molecule has 4 unspecified atom stereocenters. The molecule has 3 fully saturated rings. The van der Waals surface area contributed by atoms with Gasteiger partial charge in [-0.15, -0.1) is 0 Å². The summed E-state index contributed by atoms with van der Waals surface area (Å²) in [6, 6.07) is 0. The zero-order valence-corrected chi connectivity index (χ0v) is 11.5. The second-order valence-electron chi connectivity index (χ2n) is 7.05. The van der Waals surface area contributed by atoms with Crippen molar-refractivity contribution < 1.29 is 0 Å². The van der Waals surface area contributed by atoms with E-state index in [4.69, 9.17) is 0 Å². The van der Waals surface area contributed by atoms with Gasteiger partial charge in [-0.25, -0.2) is 0 Å². The average molecular weight is 234 g/mol. The van der Waals surface area contributed by atoms with Crippen LogP contribution in [0.3, 0.4) is 0 Å². The summed E-state index contributed by atoms with van der Waals surface area (Å²) >= 11 is 0. The van der Waals surface area contributed by atoms with Gasteiger partial charge in [-0.2, -0.15) is 0 Å². The lowest BCUT2D eigenvalue weighted by atomic mass is 9.72. The van der Waals surface area contributed by atoms with E-state index in [1.165, 1.54) is 12.8 Å². The van der Waals surface area contributed by atoms with Crippen LogP contribution in [-0.4, -0.2) is 0 Å². The molecule has 3 aliphatic carbocycles. The monoisotopic (exact) mass is 234 g/mol. The Morgan fingerprint density at radius 2 is 0.765 bits per heavy atom. The van der Waals surface area contributed by atoms with E-state index < -0.39 is 0 Å². The predicted octanol–water partition coefficient (Wildman–Crippen LogP) is 5.56. The molecule has 0 spiro atoms. The molecule has 3 aliphatic rings. The Morgan fingerprint density at radius 3 is 1.29 bits per heavy atom. The summed E-state index contributed by atoms with van der Waals surface area (Å²) in [5.74, 6) is 4.54. The Labute approximate surface area is 108 Å². The summed E-state index contributed by atoms with van der Waals surface area (Å²) in [4.78, 5) is 0. The fourth-order valence-corrected chi connectivity index (χ4v) is 5.31. The molecular formula is C17H30. The molecule has 0 aromatic rings. The minimum absolute atomic E-state index is 1.13. The normalized spacial score (nSPS) is 43.8. The van der Waals surface area contributed by atoms with Crippen molar-refractivity contribution in [3.8, 4) is 0 Å². The minimum atomic E-state index is 1.13. The third-order valence-electron chi connectivity index (χ3n) is 6.14. The van der Waals surface area contributed by atoms with Crippen molar-refractivity contribution >= 4 is 0 Å². The lowest BCUT2D eigenvalue weighted by Crippen LogP contribution is -2.25. The lowest BCUT2D eigenvalue weighted by Gasteiger charge is -2.34. The molecular weight excluding hydrogens is 204 g/mol. The zero-order chi connectivity index (χ0) is 11.5. The van der Waals surface area contributed by atoms with E-state index in [0.29, 0.717) is 0 Å². The Balaban J connectivity index is 1.78. The molecule has 3 rings (SSSR count). The molecule has 0 bridgehead atoms. The number of fused-ring (bicyclic) bond motifs is 3. The Morgan fingerprint density at radius 1 is 0.353 bits per heavy atom. The topological polar surface area (TPSA) is 0 Å². The summed E-state index contributed by atoms with van der Waals surface area (Å²) in [7, 11) is 0. The Kier molecular flexibility index (Phi) is 4.08. The van der Waals surface area contributed by atoms with Gasteiger partial charge in [0, 0.05) is 0 Å². The molecule has 0 N–H and O–H groups in total. The standard InChI is InChI=1S/C17H30/c1-3-8-14-10-7-11-15-9-4-2-6-13-17(15)16(14)12-5-1/h14-17H,1-13H2. The van der Waals surface area contributed by atoms with Crippen LogP contribution in [0.4, 0.5) is 0 Å². The van der Waals surface area contributed by atoms with E-state index in [2.05, 4.69) is 0 Å². The second-order valence-corrected chi connectivity index (χ2v) is 7.05. The van der Waals surface area contributed by atoms with Gasteiger partial charge in [-0.1, -0.05) is 70.6 Å². The smallest absolute Gasteiger partial charge is 0.0355 e. The summed E-state index contributed by atoms with van der Waals surface area (Å²) in [5, 5.41) is 0. The summed E-state index contributed by atoms with van der Waals surface area (Å²) < 4.78 is 0. The van der Waals surface area contributed by atoms with Crippen molar-refractivity contribution in [1.29, 1.82) is 0 Å². The molecule has 0 aliphatic heterocycles. The van der Waals surface area contributed by atoms with Crippen LogP contribution in [0.25, 0.3) is 0 Å². The minimum Gasteiger partial charge on any atom is -0.0533 e. The Hall–Kier alpha value is 0. The van der Waals surface area contributed by atoms with Gasteiger partial charge >= 0.3 is 0 Å². The number of hydrogen-bond acceptors (Lipinski definition) is 0. The summed E-state index contributed by atoms with van der Waals surface area (Å²) in [5.41, 5.74) is 0. The van der Waals surface area contributed by atoms with Crippen molar-refractivity contribution in [2.24, 2.45) is 23.7 Å². The highest BCUT2D eigenvalue weighted by Gasteiger charge is 2.37. The molecule has 0 radical (unpaired) electrons. The average Bonchev–Trinajstić information content (AvgIpc) is 2.72. The van der Waals surface area contributed by atoms with Crippen molar-refractivity contribution in [3.05, 3.63) is 0 Å². The van der Waals surface area contributed by atoms with E-state index in [0.717, 1.165) is 23.7 Å². The van der Waals surface area contributed by atoms with E-state index >= 15 is 0 Å². The highest BCUT2D eigenvalue weighted by molar-refractivity contribution is 4.88. The third-order valence-corrected chi connectivity index (χ3v) is 6.14. The van der Waals surface area contributed by atoms with E-state index in [-0.39, 0.29) is 0 Å². The Bertz CT molecular complexity index is 208. The first-order valence-corrected chi connectivity index (χ1v) is 8.45. The molecule has 0 nitrogen and oxygen atoms in total. The predicted molar refractivity (Wildman–Crippen MR) is 74.0 cm³/mol. The van der Waals surface area contributed by atoms with Crippen LogP contribution in [0.1, 0.15) is 83.5 Å². The van der Waals surface area contributed by atoms with Gasteiger partial charge in [0.1, 0.15) is 0 Å². The van der Waals surface area contributed by atoms with Gasteiger partial charge in [-0.3, -0.25) is 0 Å². The van der Waals surface area contributed by atoms with Crippen molar-refractivity contribution in [3.63, 3.8) is 0 Å². The van der Waals surface area contributed by atoms with Crippen LogP contribution in [0, 0.1) is 23.7 Å². The molecule has 3 saturated carbocycles. The molecule has 0 heteroatoms. The van der Waals surface area contributed by atoms with Crippen molar-refractivity contribution in [2.75, 3.05) is 0 Å². The summed E-state index contributed by atoms with van der Waals surface area (Å²) in [6.07, 6.45) is 20.3. The fraction of sp³-hybridized carbons (Fsp3) is 1.00. The molecule has 0 amide bonds. The first-order chi connectivity index (χ1) is 8.45. The van der Waals surface area contributed by atoms with Gasteiger partial charge in [0.25, 0.3) is 0 Å². The van der Waals surface area contributed by atoms with Gasteiger partial charge < -0.3 is 0 Å². The summed E-state index contributed by atoms with van der Waals surface area (Å²) in [6.45, 7) is 0. The van der Waals surface area contributed by atoms with Crippen molar-refractivity contribution in [1.82, 2.24) is 0 Å². The van der Waals surface area contributed by atoms with Crippen LogP contribution in [-0.2, 0) is 0 Å². The van der Waals surface area contributed by atoms with E-state index in [1.807, 2.05) is 0 Å². The highest BCUT2D eigenvalue weighted by Crippen LogP contribution is 2.48. The van der Waals surface area contributed by atoms with Crippen LogP contribution in [0.2, 0.25) is 0 Å². The van der Waals surface area contributed by atoms with Gasteiger partial charge in [-0.05, 0) is 36.5 Å². The maximum atomic E-state index is 1.59. The second kappa shape index (κ2) is 5.76.